The van der Waals surface area contributed by atoms with Gasteiger partial charge in [-0.15, -0.1) is 0 Å². The van der Waals surface area contributed by atoms with E-state index in [1.54, 1.807) is 4.90 Å². The van der Waals surface area contributed by atoms with Crippen molar-refractivity contribution in [2.24, 2.45) is 11.1 Å². The molecule has 0 spiro atoms. The number of likely N-dealkylation sites (tertiary alicyclic amines) is 1. The van der Waals surface area contributed by atoms with Crippen LogP contribution in [0.5, 0.6) is 0 Å². The predicted octanol–water partition coefficient (Wildman–Crippen LogP) is 0.722. The molecule has 1 aliphatic heterocycles. The Kier molecular flexibility index (Phi) is 4.55. The lowest BCUT2D eigenvalue weighted by molar-refractivity contribution is -0.136. The highest BCUT2D eigenvalue weighted by Gasteiger charge is 2.25. The summed E-state index contributed by atoms with van der Waals surface area (Å²) < 4.78 is 5.07. The first-order chi connectivity index (χ1) is 7.19. The highest BCUT2D eigenvalue weighted by Crippen LogP contribution is 2.13. The molecule has 1 amide bonds. The van der Waals surface area contributed by atoms with Crippen LogP contribution in [-0.2, 0) is 9.53 Å². The lowest BCUT2D eigenvalue weighted by Gasteiger charge is -2.31. The van der Waals surface area contributed by atoms with Crippen LogP contribution in [0.3, 0.4) is 0 Å². The summed E-state index contributed by atoms with van der Waals surface area (Å²) >= 11 is 0. The molecule has 1 fully saturated rings. The second-order valence-electron chi connectivity index (χ2n) is 3.72. The fourth-order valence-electron chi connectivity index (χ4n) is 1.68. The molecule has 0 aromatic heterocycles. The fourth-order valence-corrected chi connectivity index (χ4v) is 1.68. The number of oxime groups is 1. The van der Waals surface area contributed by atoms with Crippen LogP contribution in [-0.4, -0.2) is 48.0 Å². The van der Waals surface area contributed by atoms with Gasteiger partial charge in [0.25, 0.3) is 0 Å². The predicted molar refractivity (Wildman–Crippen MR) is 56.1 cm³/mol. The van der Waals surface area contributed by atoms with E-state index in [-0.39, 0.29) is 18.4 Å². The number of hydrogen-bond acceptors (Lipinski definition) is 4. The Morgan fingerprint density at radius 1 is 1.73 bits per heavy atom. The molecule has 0 saturated carbocycles. The molecule has 1 rings (SSSR count). The Hall–Kier alpha value is -1.10. The van der Waals surface area contributed by atoms with Gasteiger partial charge in [-0.2, -0.15) is 0 Å². The number of hydrogen-bond donors (Lipinski definition) is 1. The van der Waals surface area contributed by atoms with Crippen molar-refractivity contribution < 1.29 is 14.7 Å². The molecule has 86 valence electrons. The average molecular weight is 214 g/mol. The standard InChI is InChI=1S/C10H18N2O3/c1-3-15-7-10(13)12-5-4-9(11-14)8(2)6-12/h8,14H,3-7H2,1-2H3. The smallest absolute Gasteiger partial charge is 0.248 e. The SMILES string of the molecule is CCOCC(=O)N1CCC(=NO)C(C)C1. The van der Waals surface area contributed by atoms with E-state index in [0.29, 0.717) is 26.1 Å². The molecule has 1 unspecified atom stereocenters. The minimum atomic E-state index is 0.0145. The monoisotopic (exact) mass is 214 g/mol. The maximum Gasteiger partial charge on any atom is 0.248 e. The van der Waals surface area contributed by atoms with Gasteiger partial charge in [0.05, 0.1) is 5.71 Å². The Labute approximate surface area is 89.7 Å². The van der Waals surface area contributed by atoms with Crippen molar-refractivity contribution in [1.29, 1.82) is 0 Å². The summed E-state index contributed by atoms with van der Waals surface area (Å²) in [6.07, 6.45) is 0.648. The van der Waals surface area contributed by atoms with Crippen molar-refractivity contribution in [2.75, 3.05) is 26.3 Å². The van der Waals surface area contributed by atoms with E-state index in [1.807, 2.05) is 13.8 Å². The largest absolute Gasteiger partial charge is 0.411 e. The molecule has 0 radical (unpaired) electrons. The van der Waals surface area contributed by atoms with Gasteiger partial charge < -0.3 is 14.8 Å². The van der Waals surface area contributed by atoms with Gasteiger partial charge in [0, 0.05) is 32.0 Å². The van der Waals surface area contributed by atoms with E-state index in [0.717, 1.165) is 5.71 Å². The molecular weight excluding hydrogens is 196 g/mol. The summed E-state index contributed by atoms with van der Waals surface area (Å²) in [6.45, 7) is 5.76. The van der Waals surface area contributed by atoms with Gasteiger partial charge >= 0.3 is 0 Å². The summed E-state index contributed by atoms with van der Waals surface area (Å²) in [4.78, 5) is 13.4. The number of ether oxygens (including phenoxy) is 1. The summed E-state index contributed by atoms with van der Waals surface area (Å²) in [5.74, 6) is 0.148. The van der Waals surface area contributed by atoms with Crippen LogP contribution < -0.4 is 0 Å². The van der Waals surface area contributed by atoms with Crippen LogP contribution in [0.25, 0.3) is 0 Å². The second kappa shape index (κ2) is 5.70. The third-order valence-electron chi connectivity index (χ3n) is 2.61. The average Bonchev–Trinajstić information content (AvgIpc) is 2.25. The van der Waals surface area contributed by atoms with E-state index in [2.05, 4.69) is 5.16 Å². The molecule has 5 heteroatoms. The normalized spacial score (nSPS) is 24.5. The van der Waals surface area contributed by atoms with Crippen LogP contribution in [0.4, 0.5) is 0 Å². The van der Waals surface area contributed by atoms with Gasteiger partial charge in [0.1, 0.15) is 6.61 Å². The third kappa shape index (κ3) is 3.20. The first-order valence-electron chi connectivity index (χ1n) is 5.25. The number of piperidine rings is 1. The van der Waals surface area contributed by atoms with Crippen molar-refractivity contribution in [3.05, 3.63) is 0 Å². The summed E-state index contributed by atoms with van der Waals surface area (Å²) in [6, 6.07) is 0. The molecule has 15 heavy (non-hydrogen) atoms. The number of carbonyl (C=O) groups excluding carboxylic acids is 1. The lowest BCUT2D eigenvalue weighted by Crippen LogP contribution is -2.44. The number of carbonyl (C=O) groups is 1. The van der Waals surface area contributed by atoms with Gasteiger partial charge in [0.15, 0.2) is 0 Å². The minimum absolute atomic E-state index is 0.0145. The molecule has 1 aliphatic rings. The maximum atomic E-state index is 11.6. The highest BCUT2D eigenvalue weighted by molar-refractivity contribution is 5.89. The van der Waals surface area contributed by atoms with E-state index >= 15 is 0 Å². The maximum absolute atomic E-state index is 11.6. The number of nitrogens with zero attached hydrogens (tertiary/aromatic N) is 2. The Morgan fingerprint density at radius 2 is 2.47 bits per heavy atom. The molecule has 0 bridgehead atoms. The summed E-state index contributed by atoms with van der Waals surface area (Å²) in [5, 5.41) is 11.9. The number of amides is 1. The van der Waals surface area contributed by atoms with Crippen molar-refractivity contribution in [2.45, 2.75) is 20.3 Å². The molecule has 0 aliphatic carbocycles. The fraction of sp³-hybridized carbons (Fsp3) is 0.800. The Balaban J connectivity index is 2.43. The number of rotatable bonds is 3. The lowest BCUT2D eigenvalue weighted by atomic mass is 9.98. The van der Waals surface area contributed by atoms with Crippen molar-refractivity contribution in [3.63, 3.8) is 0 Å². The van der Waals surface area contributed by atoms with Crippen LogP contribution in [0.2, 0.25) is 0 Å². The second-order valence-corrected chi connectivity index (χ2v) is 3.72. The van der Waals surface area contributed by atoms with Crippen LogP contribution >= 0.6 is 0 Å². The van der Waals surface area contributed by atoms with Gasteiger partial charge in [-0.25, -0.2) is 0 Å². The Bertz CT molecular complexity index is 253. The zero-order valence-electron chi connectivity index (χ0n) is 9.27. The van der Waals surface area contributed by atoms with Gasteiger partial charge in [0.2, 0.25) is 5.91 Å². The molecule has 5 nitrogen and oxygen atoms in total. The molecular formula is C10H18N2O3. The van der Waals surface area contributed by atoms with Crippen molar-refractivity contribution in [1.82, 2.24) is 4.90 Å². The van der Waals surface area contributed by atoms with E-state index < -0.39 is 0 Å². The van der Waals surface area contributed by atoms with Gasteiger partial charge in [-0.05, 0) is 6.92 Å². The molecule has 1 heterocycles. The van der Waals surface area contributed by atoms with E-state index in [1.165, 1.54) is 0 Å². The van der Waals surface area contributed by atoms with Crippen LogP contribution in [0.15, 0.2) is 5.16 Å². The molecule has 1 saturated heterocycles. The minimum Gasteiger partial charge on any atom is -0.411 e. The first-order valence-corrected chi connectivity index (χ1v) is 5.25. The quantitative estimate of drug-likeness (QED) is 0.556. The van der Waals surface area contributed by atoms with Crippen molar-refractivity contribution >= 4 is 11.6 Å². The van der Waals surface area contributed by atoms with Crippen molar-refractivity contribution in [3.8, 4) is 0 Å². The van der Waals surface area contributed by atoms with Gasteiger partial charge in [-0.3, -0.25) is 4.79 Å². The molecule has 1 N–H and O–H groups in total. The summed E-state index contributed by atoms with van der Waals surface area (Å²) in [5.41, 5.74) is 0.774. The first kappa shape index (κ1) is 12.0. The van der Waals surface area contributed by atoms with Crippen LogP contribution in [0, 0.1) is 5.92 Å². The van der Waals surface area contributed by atoms with Crippen LogP contribution in [0.1, 0.15) is 20.3 Å². The molecule has 0 aromatic rings. The highest BCUT2D eigenvalue weighted by atomic mass is 16.5. The van der Waals surface area contributed by atoms with Gasteiger partial charge in [-0.1, -0.05) is 12.1 Å². The molecule has 0 aromatic carbocycles. The summed E-state index contributed by atoms with van der Waals surface area (Å²) in [7, 11) is 0. The van der Waals surface area contributed by atoms with E-state index in [9.17, 15) is 4.79 Å². The topological polar surface area (TPSA) is 62.1 Å². The third-order valence-corrected chi connectivity index (χ3v) is 2.61. The zero-order chi connectivity index (χ0) is 11.3. The molecule has 1 atom stereocenters. The zero-order valence-corrected chi connectivity index (χ0v) is 9.27. The Morgan fingerprint density at radius 3 is 3.00 bits per heavy atom. The van der Waals surface area contributed by atoms with E-state index in [4.69, 9.17) is 9.94 Å².